The van der Waals surface area contributed by atoms with Crippen LogP contribution in [0.25, 0.3) is 112 Å². The molecule has 4 heterocycles. The predicted molar refractivity (Wildman–Crippen MR) is 302 cm³/mol. The second-order valence-corrected chi connectivity index (χ2v) is 19.5. The molecule has 2 unspecified atom stereocenters. The maximum absolute atomic E-state index is 5.26. The Balaban J connectivity index is 0.825. The number of nitrogens with zero attached hydrogens (tertiary/aromatic N) is 8. The molecule has 16 rings (SSSR count). The van der Waals surface area contributed by atoms with Crippen LogP contribution in [-0.2, 0) is 0 Å². The molecule has 0 aliphatic heterocycles. The average molecular weight is 971 g/mol. The Kier molecular flexibility index (Phi) is 10.2. The number of benzene rings is 9. The Labute approximate surface area is 438 Å². The fourth-order valence-corrected chi connectivity index (χ4v) is 11.4. The van der Waals surface area contributed by atoms with Crippen LogP contribution in [0, 0.1) is 0 Å². The minimum atomic E-state index is -0.00800. The second kappa shape index (κ2) is 17.8. The Morgan fingerprint density at radius 3 is 0.974 bits per heavy atom. The smallest absolute Gasteiger partial charge is 0.164 e. The van der Waals surface area contributed by atoms with Crippen molar-refractivity contribution >= 4 is 21.8 Å². The lowest BCUT2D eigenvalue weighted by Gasteiger charge is -2.42. The largest absolute Gasteiger partial charge is 0.256 e. The van der Waals surface area contributed by atoms with E-state index in [9.17, 15) is 0 Å². The van der Waals surface area contributed by atoms with E-state index < -0.39 is 0 Å². The van der Waals surface area contributed by atoms with Crippen molar-refractivity contribution in [2.24, 2.45) is 0 Å². The molecule has 0 N–H and O–H groups in total. The molecular formula is C68H42N8. The molecule has 354 valence electrons. The summed E-state index contributed by atoms with van der Waals surface area (Å²) in [5, 5.41) is 2.18. The molecule has 8 nitrogen and oxygen atoms in total. The topological polar surface area (TPSA) is 103 Å². The molecular weight excluding hydrogens is 929 g/mol. The van der Waals surface area contributed by atoms with E-state index in [1.807, 2.05) is 60.9 Å². The van der Waals surface area contributed by atoms with Crippen LogP contribution >= 0.6 is 0 Å². The van der Waals surface area contributed by atoms with E-state index in [1.165, 1.54) is 33.4 Å². The SMILES string of the molecule is c1ccc(-c2nc(-c3cccc(-c4ccc5ncccc5c4)c3)nc(-c3ccc4c(c3)C3c5ccccc5C4c4cc(-c5nc(-c6ccccc6)nc(-c6cccc(-c7ccc8ncccc8c7)c6)n5)ccc43)n2)cc1. The Hall–Kier alpha value is -10.2. The van der Waals surface area contributed by atoms with Crippen molar-refractivity contribution in [3.05, 3.63) is 276 Å². The van der Waals surface area contributed by atoms with E-state index in [0.29, 0.717) is 34.9 Å². The summed E-state index contributed by atoms with van der Waals surface area (Å²) < 4.78 is 0. The zero-order valence-corrected chi connectivity index (χ0v) is 40.8. The number of hydrogen-bond acceptors (Lipinski definition) is 8. The summed E-state index contributed by atoms with van der Waals surface area (Å²) in [4.78, 5) is 40.2. The van der Waals surface area contributed by atoms with E-state index in [-0.39, 0.29) is 11.8 Å². The number of aromatic nitrogens is 8. The number of hydrogen-bond donors (Lipinski definition) is 0. The van der Waals surface area contributed by atoms with Gasteiger partial charge >= 0.3 is 0 Å². The van der Waals surface area contributed by atoms with Gasteiger partial charge in [0.05, 0.1) is 11.0 Å². The summed E-state index contributed by atoms with van der Waals surface area (Å²) in [6.45, 7) is 0. The van der Waals surface area contributed by atoms with Crippen molar-refractivity contribution < 1.29 is 0 Å². The molecule has 3 aliphatic rings. The van der Waals surface area contributed by atoms with E-state index >= 15 is 0 Å². The van der Waals surface area contributed by atoms with Crippen LogP contribution in [0.2, 0.25) is 0 Å². The first kappa shape index (κ1) is 43.4. The van der Waals surface area contributed by atoms with Crippen LogP contribution in [0.5, 0.6) is 0 Å². The van der Waals surface area contributed by atoms with Gasteiger partial charge in [-0.05, 0) is 116 Å². The summed E-state index contributed by atoms with van der Waals surface area (Å²) in [5.41, 5.74) is 19.5. The normalized spacial score (nSPS) is 14.1. The van der Waals surface area contributed by atoms with E-state index in [0.717, 1.165) is 77.4 Å². The van der Waals surface area contributed by atoms with Gasteiger partial charge in [-0.1, -0.05) is 170 Å². The first-order chi connectivity index (χ1) is 37.6. The van der Waals surface area contributed by atoms with Crippen LogP contribution in [0.15, 0.2) is 243 Å². The van der Waals surface area contributed by atoms with Gasteiger partial charge in [-0.25, -0.2) is 29.9 Å². The molecule has 2 bridgehead atoms. The molecule has 2 atom stereocenters. The molecule has 76 heavy (non-hydrogen) atoms. The molecule has 0 saturated heterocycles. The number of pyridine rings is 2. The van der Waals surface area contributed by atoms with Gasteiger partial charge in [-0.3, -0.25) is 9.97 Å². The predicted octanol–water partition coefficient (Wildman–Crippen LogP) is 15.5. The third-order valence-electron chi connectivity index (χ3n) is 15.0. The summed E-state index contributed by atoms with van der Waals surface area (Å²) in [6, 6.07) is 80.7. The summed E-state index contributed by atoms with van der Waals surface area (Å²) in [5.74, 6) is 3.71. The highest BCUT2D eigenvalue weighted by molar-refractivity contribution is 5.87. The van der Waals surface area contributed by atoms with Crippen molar-refractivity contribution in [1.82, 2.24) is 39.9 Å². The van der Waals surface area contributed by atoms with Gasteiger partial charge in [0.2, 0.25) is 0 Å². The van der Waals surface area contributed by atoms with Crippen LogP contribution in [0.3, 0.4) is 0 Å². The fraction of sp³-hybridized carbons (Fsp3) is 0.0294. The van der Waals surface area contributed by atoms with Crippen molar-refractivity contribution in [3.8, 4) is 90.6 Å². The zero-order chi connectivity index (χ0) is 50.1. The minimum Gasteiger partial charge on any atom is -0.256 e. The standard InChI is InChI=1S/C68H42N8/c1-3-13-41(14-4-1)63-71-65(49-19-9-17-43(37-49)45-27-31-59-47(35-45)21-11-33-69-59)75-67(73-63)51-25-29-55-57(39-51)61-53-23-7-8-24-54(53)62(55)58-40-52(26-30-56(58)61)68-74-64(42-15-5-2-6-16-42)72-66(76-68)50-20-10-18-44(38-50)46-28-32-60-48(36-46)22-12-34-70-60/h1-40,61-62H. The minimum absolute atomic E-state index is 0.00800. The quantitative estimate of drug-likeness (QED) is 0.148. The van der Waals surface area contributed by atoms with E-state index in [2.05, 4.69) is 192 Å². The number of fused-ring (bicyclic) bond motifs is 2. The van der Waals surface area contributed by atoms with Gasteiger partial charge in [0, 0.05) is 68.4 Å². The zero-order valence-electron chi connectivity index (χ0n) is 40.8. The summed E-state index contributed by atoms with van der Waals surface area (Å²) >= 11 is 0. The van der Waals surface area contributed by atoms with Crippen molar-refractivity contribution in [3.63, 3.8) is 0 Å². The summed E-state index contributed by atoms with van der Waals surface area (Å²) in [6.07, 6.45) is 3.66. The lowest BCUT2D eigenvalue weighted by Crippen LogP contribution is -2.27. The molecule has 0 radical (unpaired) electrons. The molecule has 8 heteroatoms. The maximum Gasteiger partial charge on any atom is 0.164 e. The highest BCUT2D eigenvalue weighted by atomic mass is 15.0. The van der Waals surface area contributed by atoms with Crippen LogP contribution in [0.1, 0.15) is 45.2 Å². The fourth-order valence-electron chi connectivity index (χ4n) is 11.4. The van der Waals surface area contributed by atoms with Crippen LogP contribution in [-0.4, -0.2) is 39.9 Å². The van der Waals surface area contributed by atoms with Gasteiger partial charge in [0.1, 0.15) is 0 Å². The Morgan fingerprint density at radius 1 is 0.211 bits per heavy atom. The Morgan fingerprint density at radius 2 is 0.539 bits per heavy atom. The maximum atomic E-state index is 5.26. The molecule has 9 aromatic carbocycles. The van der Waals surface area contributed by atoms with E-state index in [1.54, 1.807) is 0 Å². The average Bonchev–Trinajstić information content (AvgIpc) is 3.56. The van der Waals surface area contributed by atoms with Crippen LogP contribution in [0.4, 0.5) is 0 Å². The molecule has 0 saturated carbocycles. The second-order valence-electron chi connectivity index (χ2n) is 19.5. The van der Waals surface area contributed by atoms with Gasteiger partial charge in [0.25, 0.3) is 0 Å². The van der Waals surface area contributed by atoms with Gasteiger partial charge < -0.3 is 0 Å². The van der Waals surface area contributed by atoms with Crippen molar-refractivity contribution in [2.75, 3.05) is 0 Å². The van der Waals surface area contributed by atoms with E-state index in [4.69, 9.17) is 29.9 Å². The lowest BCUT2D eigenvalue weighted by molar-refractivity contribution is 0.754. The first-order valence-corrected chi connectivity index (χ1v) is 25.5. The van der Waals surface area contributed by atoms with Gasteiger partial charge in [-0.2, -0.15) is 0 Å². The molecule has 0 amide bonds. The Bertz CT molecular complexity index is 4160. The van der Waals surface area contributed by atoms with Gasteiger partial charge in [0.15, 0.2) is 34.9 Å². The monoisotopic (exact) mass is 970 g/mol. The number of rotatable bonds is 8. The molecule has 13 aromatic rings. The molecule has 3 aliphatic carbocycles. The third-order valence-corrected chi connectivity index (χ3v) is 15.0. The molecule has 4 aromatic heterocycles. The third kappa shape index (κ3) is 7.54. The van der Waals surface area contributed by atoms with Gasteiger partial charge in [-0.15, -0.1) is 0 Å². The first-order valence-electron chi connectivity index (χ1n) is 25.5. The highest BCUT2D eigenvalue weighted by Crippen LogP contribution is 2.56. The van der Waals surface area contributed by atoms with Crippen LogP contribution < -0.4 is 0 Å². The van der Waals surface area contributed by atoms with Crippen molar-refractivity contribution in [1.29, 1.82) is 0 Å². The van der Waals surface area contributed by atoms with Crippen molar-refractivity contribution in [2.45, 2.75) is 11.8 Å². The highest BCUT2D eigenvalue weighted by Gasteiger charge is 2.41. The molecule has 0 fully saturated rings. The summed E-state index contributed by atoms with van der Waals surface area (Å²) in [7, 11) is 0. The molecule has 0 spiro atoms. The lowest BCUT2D eigenvalue weighted by atomic mass is 9.61.